The first kappa shape index (κ1) is 11.5. The standard InChI is InChI=1S/C13H18N4O/c14-12-5-4-9(6-15-12)13(18)17-7-10-2-1-3-11(8-17)16-10/h4-6,10-11,16H,1-3,7-8H2,(H2,14,15). The summed E-state index contributed by atoms with van der Waals surface area (Å²) in [6.07, 6.45) is 5.17. The lowest BCUT2D eigenvalue weighted by molar-refractivity contribution is 0.0608. The molecule has 0 spiro atoms. The van der Waals surface area contributed by atoms with Gasteiger partial charge < -0.3 is 16.0 Å². The molecule has 3 heterocycles. The van der Waals surface area contributed by atoms with Crippen molar-refractivity contribution < 1.29 is 4.79 Å². The largest absolute Gasteiger partial charge is 0.384 e. The zero-order valence-electron chi connectivity index (χ0n) is 10.3. The summed E-state index contributed by atoms with van der Waals surface area (Å²) in [6.45, 7) is 1.61. The molecule has 3 rings (SSSR count). The number of rotatable bonds is 1. The van der Waals surface area contributed by atoms with Crippen LogP contribution in [-0.2, 0) is 0 Å². The number of nitrogens with one attached hydrogen (secondary N) is 1. The highest BCUT2D eigenvalue weighted by atomic mass is 16.2. The number of anilines is 1. The Kier molecular flexibility index (Phi) is 2.91. The van der Waals surface area contributed by atoms with Crippen LogP contribution in [0.5, 0.6) is 0 Å². The summed E-state index contributed by atoms with van der Waals surface area (Å²) in [7, 11) is 0. The average Bonchev–Trinajstić information content (AvgIpc) is 2.38. The number of hydrogen-bond donors (Lipinski definition) is 2. The topological polar surface area (TPSA) is 71.2 Å². The van der Waals surface area contributed by atoms with Gasteiger partial charge in [-0.3, -0.25) is 4.79 Å². The van der Waals surface area contributed by atoms with Crippen LogP contribution in [0, 0.1) is 0 Å². The number of piperidine rings is 1. The fourth-order valence-electron chi connectivity index (χ4n) is 2.89. The van der Waals surface area contributed by atoms with Gasteiger partial charge in [-0.2, -0.15) is 0 Å². The summed E-state index contributed by atoms with van der Waals surface area (Å²) < 4.78 is 0. The molecule has 1 aromatic rings. The fourth-order valence-corrected chi connectivity index (χ4v) is 2.89. The maximum Gasteiger partial charge on any atom is 0.255 e. The molecule has 0 radical (unpaired) electrons. The Hall–Kier alpha value is -1.62. The van der Waals surface area contributed by atoms with Gasteiger partial charge in [-0.1, -0.05) is 6.42 Å². The second-order valence-corrected chi connectivity index (χ2v) is 5.17. The molecule has 96 valence electrons. The Morgan fingerprint density at radius 1 is 1.33 bits per heavy atom. The van der Waals surface area contributed by atoms with Crippen LogP contribution >= 0.6 is 0 Å². The third-order valence-electron chi connectivity index (χ3n) is 3.78. The molecule has 1 amide bonds. The minimum atomic E-state index is 0.0703. The number of amides is 1. The van der Waals surface area contributed by atoms with Crippen molar-refractivity contribution in [1.29, 1.82) is 0 Å². The Labute approximate surface area is 106 Å². The van der Waals surface area contributed by atoms with E-state index in [1.165, 1.54) is 19.3 Å². The minimum absolute atomic E-state index is 0.0703. The zero-order valence-corrected chi connectivity index (χ0v) is 10.3. The first-order valence-electron chi connectivity index (χ1n) is 6.49. The summed E-state index contributed by atoms with van der Waals surface area (Å²) in [5, 5.41) is 3.57. The van der Waals surface area contributed by atoms with Gasteiger partial charge in [0.1, 0.15) is 5.82 Å². The van der Waals surface area contributed by atoms with Crippen molar-refractivity contribution in [1.82, 2.24) is 15.2 Å². The normalized spacial score (nSPS) is 27.0. The third kappa shape index (κ3) is 2.18. The van der Waals surface area contributed by atoms with E-state index in [0.717, 1.165) is 13.1 Å². The molecule has 2 fully saturated rings. The first-order chi connectivity index (χ1) is 8.72. The lowest BCUT2D eigenvalue weighted by atomic mass is 9.94. The Morgan fingerprint density at radius 2 is 2.06 bits per heavy atom. The molecule has 0 aliphatic carbocycles. The van der Waals surface area contributed by atoms with Crippen molar-refractivity contribution in [2.75, 3.05) is 18.8 Å². The molecule has 5 nitrogen and oxygen atoms in total. The van der Waals surface area contributed by atoms with Gasteiger partial charge in [-0.25, -0.2) is 4.98 Å². The summed E-state index contributed by atoms with van der Waals surface area (Å²) in [4.78, 5) is 18.3. The van der Waals surface area contributed by atoms with Gasteiger partial charge in [0, 0.05) is 31.4 Å². The second kappa shape index (κ2) is 4.57. The van der Waals surface area contributed by atoms with Gasteiger partial charge in [-0.15, -0.1) is 0 Å². The van der Waals surface area contributed by atoms with Crippen LogP contribution in [0.1, 0.15) is 29.6 Å². The van der Waals surface area contributed by atoms with Crippen molar-refractivity contribution in [2.24, 2.45) is 0 Å². The quantitative estimate of drug-likeness (QED) is 0.762. The number of carbonyl (C=O) groups excluding carboxylic acids is 1. The molecule has 0 aromatic carbocycles. The SMILES string of the molecule is Nc1ccc(C(=O)N2CC3CCCC(C2)N3)cn1. The highest BCUT2D eigenvalue weighted by Gasteiger charge is 2.32. The summed E-state index contributed by atoms with van der Waals surface area (Å²) in [5.41, 5.74) is 6.16. The minimum Gasteiger partial charge on any atom is -0.384 e. The number of pyridine rings is 1. The van der Waals surface area contributed by atoms with Crippen molar-refractivity contribution in [3.63, 3.8) is 0 Å². The van der Waals surface area contributed by atoms with Crippen LogP contribution in [-0.4, -0.2) is 41.0 Å². The van der Waals surface area contributed by atoms with E-state index in [9.17, 15) is 4.79 Å². The van der Waals surface area contributed by atoms with E-state index in [4.69, 9.17) is 5.73 Å². The van der Waals surface area contributed by atoms with Gasteiger partial charge in [0.15, 0.2) is 0 Å². The molecule has 2 aliphatic heterocycles. The number of hydrogen-bond acceptors (Lipinski definition) is 4. The van der Waals surface area contributed by atoms with E-state index in [1.54, 1.807) is 18.3 Å². The predicted octanol–water partition coefficient (Wildman–Crippen LogP) is 0.630. The van der Waals surface area contributed by atoms with Crippen molar-refractivity contribution in [3.05, 3.63) is 23.9 Å². The van der Waals surface area contributed by atoms with Crippen LogP contribution in [0.25, 0.3) is 0 Å². The average molecular weight is 246 g/mol. The van der Waals surface area contributed by atoms with Crippen molar-refractivity contribution >= 4 is 11.7 Å². The Balaban J connectivity index is 1.74. The number of nitrogens with two attached hydrogens (primary N) is 1. The third-order valence-corrected chi connectivity index (χ3v) is 3.78. The molecule has 2 aliphatic rings. The van der Waals surface area contributed by atoms with E-state index < -0.39 is 0 Å². The van der Waals surface area contributed by atoms with E-state index in [0.29, 0.717) is 23.5 Å². The smallest absolute Gasteiger partial charge is 0.255 e. The van der Waals surface area contributed by atoms with Gasteiger partial charge in [0.25, 0.3) is 5.91 Å². The van der Waals surface area contributed by atoms with E-state index in [-0.39, 0.29) is 5.91 Å². The lowest BCUT2D eigenvalue weighted by Gasteiger charge is -2.42. The maximum atomic E-state index is 12.4. The Bertz CT molecular complexity index is 433. The van der Waals surface area contributed by atoms with Gasteiger partial charge in [0.05, 0.1) is 5.56 Å². The summed E-state index contributed by atoms with van der Waals surface area (Å²) in [6, 6.07) is 4.35. The first-order valence-corrected chi connectivity index (χ1v) is 6.49. The number of fused-ring (bicyclic) bond motifs is 2. The van der Waals surface area contributed by atoms with E-state index in [1.807, 2.05) is 4.90 Å². The Morgan fingerprint density at radius 3 is 2.67 bits per heavy atom. The zero-order chi connectivity index (χ0) is 12.5. The van der Waals surface area contributed by atoms with E-state index in [2.05, 4.69) is 10.3 Å². The maximum absolute atomic E-state index is 12.4. The molecule has 2 atom stereocenters. The van der Waals surface area contributed by atoms with Crippen LogP contribution in [0.15, 0.2) is 18.3 Å². The number of nitrogens with zero attached hydrogens (tertiary/aromatic N) is 2. The predicted molar refractivity (Wildman–Crippen MR) is 69.1 cm³/mol. The molecule has 2 unspecified atom stereocenters. The molecular formula is C13H18N4O. The van der Waals surface area contributed by atoms with Gasteiger partial charge in [-0.05, 0) is 25.0 Å². The number of carbonyl (C=O) groups is 1. The van der Waals surface area contributed by atoms with Crippen molar-refractivity contribution in [2.45, 2.75) is 31.3 Å². The van der Waals surface area contributed by atoms with E-state index >= 15 is 0 Å². The molecule has 18 heavy (non-hydrogen) atoms. The van der Waals surface area contributed by atoms with Gasteiger partial charge in [0.2, 0.25) is 0 Å². The number of likely N-dealkylation sites (tertiary alicyclic amines) is 1. The molecule has 0 saturated carbocycles. The van der Waals surface area contributed by atoms with Crippen LogP contribution in [0.3, 0.4) is 0 Å². The summed E-state index contributed by atoms with van der Waals surface area (Å²) in [5.74, 6) is 0.518. The molecule has 3 N–H and O–H groups in total. The molecule has 2 saturated heterocycles. The molecule has 2 bridgehead atoms. The highest BCUT2D eigenvalue weighted by Crippen LogP contribution is 2.20. The van der Waals surface area contributed by atoms with Gasteiger partial charge >= 0.3 is 0 Å². The van der Waals surface area contributed by atoms with Crippen LogP contribution in [0.4, 0.5) is 5.82 Å². The lowest BCUT2D eigenvalue weighted by Crippen LogP contribution is -2.59. The summed E-state index contributed by atoms with van der Waals surface area (Å²) >= 11 is 0. The second-order valence-electron chi connectivity index (χ2n) is 5.17. The monoisotopic (exact) mass is 246 g/mol. The van der Waals surface area contributed by atoms with Crippen molar-refractivity contribution in [3.8, 4) is 0 Å². The number of aromatic nitrogens is 1. The number of piperazine rings is 1. The molecule has 5 heteroatoms. The van der Waals surface area contributed by atoms with Crippen LogP contribution < -0.4 is 11.1 Å². The highest BCUT2D eigenvalue weighted by molar-refractivity contribution is 5.94. The fraction of sp³-hybridized carbons (Fsp3) is 0.538. The number of nitrogen functional groups attached to an aromatic ring is 1. The molecular weight excluding hydrogens is 228 g/mol. The molecule has 1 aromatic heterocycles. The van der Waals surface area contributed by atoms with Crippen LogP contribution in [0.2, 0.25) is 0 Å².